The first kappa shape index (κ1) is 17.1. The van der Waals surface area contributed by atoms with Crippen molar-refractivity contribution in [3.05, 3.63) is 58.5 Å². The predicted octanol–water partition coefficient (Wildman–Crippen LogP) is 4.20. The van der Waals surface area contributed by atoms with Gasteiger partial charge in [0.25, 0.3) is 5.91 Å². The van der Waals surface area contributed by atoms with E-state index < -0.39 is 0 Å². The summed E-state index contributed by atoms with van der Waals surface area (Å²) >= 11 is 5.97. The van der Waals surface area contributed by atoms with E-state index in [2.05, 4.69) is 10.2 Å². The molecule has 1 aromatic heterocycles. The highest BCUT2D eigenvalue weighted by molar-refractivity contribution is 6.30. The first-order valence-electron chi connectivity index (χ1n) is 8.47. The third-order valence-corrected chi connectivity index (χ3v) is 4.70. The lowest BCUT2D eigenvalue weighted by atomic mass is 10.1. The molecule has 1 fully saturated rings. The highest BCUT2D eigenvalue weighted by Gasteiger charge is 2.25. The zero-order chi connectivity index (χ0) is 16.9. The van der Waals surface area contributed by atoms with Crippen molar-refractivity contribution in [2.75, 3.05) is 19.6 Å². The van der Waals surface area contributed by atoms with Crippen LogP contribution in [0.1, 0.15) is 47.2 Å². The molecule has 1 aliphatic heterocycles. The van der Waals surface area contributed by atoms with Gasteiger partial charge in [0.2, 0.25) is 0 Å². The monoisotopic (exact) mass is 346 g/mol. The van der Waals surface area contributed by atoms with Crippen molar-refractivity contribution in [3.8, 4) is 0 Å². The summed E-state index contributed by atoms with van der Waals surface area (Å²) in [5.41, 5.74) is 0.579. The molecule has 1 N–H and O–H groups in total. The molecular weight excluding hydrogens is 324 g/mol. The SMILES string of the molecule is Cc1ccc([C@H](CNC(=O)c2cccc(Cl)c2)N2CCCCC2)o1. The van der Waals surface area contributed by atoms with Crippen LogP contribution in [-0.4, -0.2) is 30.4 Å². The Morgan fingerprint density at radius 2 is 2.04 bits per heavy atom. The van der Waals surface area contributed by atoms with Gasteiger partial charge in [0.05, 0.1) is 6.04 Å². The Morgan fingerprint density at radius 3 is 2.71 bits per heavy atom. The largest absolute Gasteiger partial charge is 0.465 e. The van der Waals surface area contributed by atoms with Gasteiger partial charge in [0.1, 0.15) is 11.5 Å². The van der Waals surface area contributed by atoms with Gasteiger partial charge in [-0.1, -0.05) is 24.1 Å². The number of benzene rings is 1. The molecule has 128 valence electrons. The van der Waals surface area contributed by atoms with Gasteiger partial charge in [0.15, 0.2) is 0 Å². The van der Waals surface area contributed by atoms with E-state index in [0.717, 1.165) is 24.6 Å². The molecule has 0 bridgehead atoms. The van der Waals surface area contributed by atoms with Crippen LogP contribution in [0, 0.1) is 6.92 Å². The van der Waals surface area contributed by atoms with E-state index in [4.69, 9.17) is 16.0 Å². The highest BCUT2D eigenvalue weighted by atomic mass is 35.5. The van der Waals surface area contributed by atoms with E-state index in [-0.39, 0.29) is 11.9 Å². The second-order valence-electron chi connectivity index (χ2n) is 6.28. The van der Waals surface area contributed by atoms with Crippen molar-refractivity contribution in [1.82, 2.24) is 10.2 Å². The molecule has 1 amide bonds. The van der Waals surface area contributed by atoms with E-state index in [1.165, 1.54) is 19.3 Å². The number of furan rings is 1. The van der Waals surface area contributed by atoms with Gasteiger partial charge in [0, 0.05) is 17.1 Å². The van der Waals surface area contributed by atoms with E-state index in [9.17, 15) is 4.79 Å². The number of piperidine rings is 1. The molecule has 0 aliphatic carbocycles. The van der Waals surface area contributed by atoms with Crippen molar-refractivity contribution in [3.63, 3.8) is 0 Å². The topological polar surface area (TPSA) is 45.5 Å². The van der Waals surface area contributed by atoms with E-state index >= 15 is 0 Å². The van der Waals surface area contributed by atoms with Crippen LogP contribution in [0.25, 0.3) is 0 Å². The van der Waals surface area contributed by atoms with E-state index in [0.29, 0.717) is 17.1 Å². The maximum Gasteiger partial charge on any atom is 0.251 e. The van der Waals surface area contributed by atoms with Crippen molar-refractivity contribution in [2.24, 2.45) is 0 Å². The number of carbonyl (C=O) groups excluding carboxylic acids is 1. The fourth-order valence-corrected chi connectivity index (χ4v) is 3.38. The van der Waals surface area contributed by atoms with E-state index in [1.807, 2.05) is 19.1 Å². The molecule has 0 radical (unpaired) electrons. The molecule has 1 atom stereocenters. The number of hydrogen-bond donors (Lipinski definition) is 1. The average Bonchev–Trinajstić information content (AvgIpc) is 3.02. The Labute approximate surface area is 147 Å². The first-order valence-corrected chi connectivity index (χ1v) is 8.85. The molecule has 24 heavy (non-hydrogen) atoms. The standard InChI is InChI=1S/C19H23ClN2O2/c1-14-8-9-18(24-14)17(22-10-3-2-4-11-22)13-21-19(23)15-6-5-7-16(20)12-15/h5-9,12,17H,2-4,10-11,13H2,1H3,(H,21,23)/t17-/m0/s1. The third kappa shape index (κ3) is 4.19. The number of amides is 1. The zero-order valence-electron chi connectivity index (χ0n) is 13.9. The van der Waals surface area contributed by atoms with Gasteiger partial charge >= 0.3 is 0 Å². The molecule has 2 aromatic rings. The molecule has 1 saturated heterocycles. The Bertz CT molecular complexity index is 692. The molecule has 0 unspecified atom stereocenters. The third-order valence-electron chi connectivity index (χ3n) is 4.46. The maximum absolute atomic E-state index is 12.4. The minimum atomic E-state index is -0.109. The van der Waals surface area contributed by atoms with Crippen molar-refractivity contribution in [2.45, 2.75) is 32.2 Å². The van der Waals surface area contributed by atoms with Crippen LogP contribution in [-0.2, 0) is 0 Å². The number of rotatable bonds is 5. The average molecular weight is 347 g/mol. The fraction of sp³-hybridized carbons (Fsp3) is 0.421. The summed E-state index contributed by atoms with van der Waals surface area (Å²) in [6.45, 7) is 4.55. The normalized spacial score (nSPS) is 16.8. The van der Waals surface area contributed by atoms with E-state index in [1.54, 1.807) is 24.3 Å². The summed E-state index contributed by atoms with van der Waals surface area (Å²) in [4.78, 5) is 14.8. The molecule has 3 rings (SSSR count). The molecule has 1 aromatic carbocycles. The lowest BCUT2D eigenvalue weighted by Crippen LogP contribution is -2.40. The second-order valence-corrected chi connectivity index (χ2v) is 6.72. The Balaban J connectivity index is 1.70. The number of likely N-dealkylation sites (tertiary alicyclic amines) is 1. The smallest absolute Gasteiger partial charge is 0.251 e. The summed E-state index contributed by atoms with van der Waals surface area (Å²) in [6, 6.07) is 11.1. The van der Waals surface area contributed by atoms with Gasteiger partial charge < -0.3 is 9.73 Å². The number of nitrogens with zero attached hydrogens (tertiary/aromatic N) is 1. The summed E-state index contributed by atoms with van der Waals surface area (Å²) in [5.74, 6) is 1.71. The van der Waals surface area contributed by atoms with Gasteiger partial charge in [-0.15, -0.1) is 0 Å². The van der Waals surface area contributed by atoms with Crippen LogP contribution in [0.15, 0.2) is 40.8 Å². The molecule has 1 aliphatic rings. The number of carbonyl (C=O) groups is 1. The van der Waals surface area contributed by atoms with Gasteiger partial charge in [-0.25, -0.2) is 0 Å². The Morgan fingerprint density at radius 1 is 1.25 bits per heavy atom. The highest BCUT2D eigenvalue weighted by Crippen LogP contribution is 2.25. The lowest BCUT2D eigenvalue weighted by molar-refractivity contribution is 0.0913. The fourth-order valence-electron chi connectivity index (χ4n) is 3.19. The van der Waals surface area contributed by atoms with Gasteiger partial charge in [-0.3, -0.25) is 9.69 Å². The van der Waals surface area contributed by atoms with Crippen LogP contribution in [0.2, 0.25) is 5.02 Å². The Kier molecular flexibility index (Phi) is 5.59. The number of halogens is 1. The number of aryl methyl sites for hydroxylation is 1. The zero-order valence-corrected chi connectivity index (χ0v) is 14.7. The van der Waals surface area contributed by atoms with Crippen molar-refractivity contribution in [1.29, 1.82) is 0 Å². The van der Waals surface area contributed by atoms with Gasteiger partial charge in [-0.2, -0.15) is 0 Å². The summed E-state index contributed by atoms with van der Waals surface area (Å²) in [5, 5.41) is 3.60. The summed E-state index contributed by atoms with van der Waals surface area (Å²) in [6.07, 6.45) is 3.66. The summed E-state index contributed by atoms with van der Waals surface area (Å²) in [7, 11) is 0. The Hall–Kier alpha value is -1.78. The quantitative estimate of drug-likeness (QED) is 0.882. The molecular formula is C19H23ClN2O2. The molecule has 0 saturated carbocycles. The van der Waals surface area contributed by atoms with Crippen LogP contribution in [0.3, 0.4) is 0 Å². The van der Waals surface area contributed by atoms with Crippen LogP contribution in [0.5, 0.6) is 0 Å². The minimum Gasteiger partial charge on any atom is -0.465 e. The van der Waals surface area contributed by atoms with Crippen LogP contribution in [0.4, 0.5) is 0 Å². The number of hydrogen-bond acceptors (Lipinski definition) is 3. The van der Waals surface area contributed by atoms with Crippen LogP contribution >= 0.6 is 11.6 Å². The second kappa shape index (κ2) is 7.86. The maximum atomic E-state index is 12.4. The predicted molar refractivity (Wildman–Crippen MR) is 95.4 cm³/mol. The first-order chi connectivity index (χ1) is 11.6. The van der Waals surface area contributed by atoms with Crippen molar-refractivity contribution < 1.29 is 9.21 Å². The molecule has 0 spiro atoms. The molecule has 5 heteroatoms. The molecule has 2 heterocycles. The number of nitrogens with one attached hydrogen (secondary N) is 1. The summed E-state index contributed by atoms with van der Waals surface area (Å²) < 4.78 is 5.84. The van der Waals surface area contributed by atoms with Gasteiger partial charge in [-0.05, 0) is 63.2 Å². The van der Waals surface area contributed by atoms with Crippen LogP contribution < -0.4 is 5.32 Å². The lowest BCUT2D eigenvalue weighted by Gasteiger charge is -2.33. The molecule has 4 nitrogen and oxygen atoms in total. The van der Waals surface area contributed by atoms with Crippen molar-refractivity contribution >= 4 is 17.5 Å². The minimum absolute atomic E-state index is 0.0714.